The third kappa shape index (κ3) is 1.82. The van der Waals surface area contributed by atoms with E-state index in [0.717, 1.165) is 11.3 Å². The molecule has 0 unspecified atom stereocenters. The third-order valence-corrected chi connectivity index (χ3v) is 2.36. The maximum Gasteiger partial charge on any atom is 0.215 e. The summed E-state index contributed by atoms with van der Waals surface area (Å²) in [4.78, 5) is 15.6. The highest BCUT2D eigenvalue weighted by molar-refractivity contribution is 5.71. The summed E-state index contributed by atoms with van der Waals surface area (Å²) in [6.07, 6.45) is 3.13. The second-order valence-corrected chi connectivity index (χ2v) is 3.50. The minimum absolute atomic E-state index is 0.540. The second-order valence-electron chi connectivity index (χ2n) is 3.50. The lowest BCUT2D eigenvalue weighted by molar-refractivity contribution is 0.399. The summed E-state index contributed by atoms with van der Waals surface area (Å²) in [6, 6.07) is 3.68. The minimum Gasteiger partial charge on any atom is -0.481 e. The molecule has 0 aliphatic rings. The van der Waals surface area contributed by atoms with E-state index in [0.29, 0.717) is 18.1 Å². The van der Waals surface area contributed by atoms with Crippen LogP contribution >= 0.6 is 0 Å². The number of imidazole rings is 1. The fourth-order valence-electron chi connectivity index (χ4n) is 1.58. The fourth-order valence-corrected chi connectivity index (χ4v) is 1.58. The van der Waals surface area contributed by atoms with Crippen LogP contribution in [0.25, 0.3) is 11.2 Å². The zero-order valence-electron chi connectivity index (χ0n) is 9.16. The van der Waals surface area contributed by atoms with Crippen LogP contribution in [0.4, 0.5) is 0 Å². The van der Waals surface area contributed by atoms with Gasteiger partial charge in [0.2, 0.25) is 5.88 Å². The Morgan fingerprint density at radius 1 is 1.35 bits per heavy atom. The summed E-state index contributed by atoms with van der Waals surface area (Å²) in [7, 11) is 1.58. The molecule has 86 valence electrons. The monoisotopic (exact) mass is 230 g/mol. The number of H-pyrrole nitrogens is 1. The van der Waals surface area contributed by atoms with Gasteiger partial charge in [-0.1, -0.05) is 0 Å². The van der Waals surface area contributed by atoms with Crippen molar-refractivity contribution in [3.05, 3.63) is 30.6 Å². The van der Waals surface area contributed by atoms with Crippen LogP contribution in [0.1, 0.15) is 5.82 Å². The van der Waals surface area contributed by atoms with Gasteiger partial charge in [0, 0.05) is 6.07 Å². The van der Waals surface area contributed by atoms with Crippen molar-refractivity contribution in [2.45, 2.75) is 6.54 Å². The van der Waals surface area contributed by atoms with Gasteiger partial charge < -0.3 is 9.72 Å². The average molecular weight is 230 g/mol. The molecule has 7 nitrogen and oxygen atoms in total. The van der Waals surface area contributed by atoms with Crippen LogP contribution in [-0.2, 0) is 6.54 Å². The molecule has 7 heteroatoms. The molecule has 0 saturated carbocycles. The van der Waals surface area contributed by atoms with Gasteiger partial charge in [-0.2, -0.15) is 10.1 Å². The second kappa shape index (κ2) is 3.85. The van der Waals surface area contributed by atoms with Crippen LogP contribution < -0.4 is 4.74 Å². The van der Waals surface area contributed by atoms with E-state index < -0.39 is 0 Å². The van der Waals surface area contributed by atoms with E-state index in [4.69, 9.17) is 4.74 Å². The number of hydrogen-bond donors (Lipinski definition) is 1. The largest absolute Gasteiger partial charge is 0.481 e. The number of nitrogens with one attached hydrogen (secondary N) is 1. The van der Waals surface area contributed by atoms with Gasteiger partial charge >= 0.3 is 0 Å². The smallest absolute Gasteiger partial charge is 0.215 e. The summed E-state index contributed by atoms with van der Waals surface area (Å²) in [5.74, 6) is 1.34. The van der Waals surface area contributed by atoms with Crippen molar-refractivity contribution in [2.24, 2.45) is 0 Å². The minimum atomic E-state index is 0.540. The first kappa shape index (κ1) is 9.76. The van der Waals surface area contributed by atoms with Gasteiger partial charge in [0.25, 0.3) is 0 Å². The van der Waals surface area contributed by atoms with Crippen molar-refractivity contribution in [1.82, 2.24) is 29.7 Å². The number of nitrogens with zero attached hydrogens (tertiary/aromatic N) is 5. The van der Waals surface area contributed by atoms with E-state index in [9.17, 15) is 0 Å². The van der Waals surface area contributed by atoms with Gasteiger partial charge in [0.15, 0.2) is 5.65 Å². The standard InChI is InChI=1S/C10H10N6O/c1-17-9-3-2-7-10(15-9)14-8(13-7)4-16-6-11-5-12-16/h2-3,5-6H,4H2,1H3,(H,13,14,15). The number of hydrogen-bond acceptors (Lipinski definition) is 5. The molecule has 17 heavy (non-hydrogen) atoms. The van der Waals surface area contributed by atoms with Gasteiger partial charge in [0.1, 0.15) is 25.0 Å². The molecule has 3 aromatic rings. The topological polar surface area (TPSA) is 81.5 Å². The molecule has 0 bridgehead atoms. The molecule has 0 atom stereocenters. The first-order valence-electron chi connectivity index (χ1n) is 5.07. The molecule has 0 aliphatic heterocycles. The van der Waals surface area contributed by atoms with E-state index in [1.807, 2.05) is 6.07 Å². The summed E-state index contributed by atoms with van der Waals surface area (Å²) >= 11 is 0. The Kier molecular flexibility index (Phi) is 2.21. The van der Waals surface area contributed by atoms with Gasteiger partial charge in [-0.15, -0.1) is 0 Å². The van der Waals surface area contributed by atoms with Crippen LogP contribution in [0.5, 0.6) is 5.88 Å². The fraction of sp³-hybridized carbons (Fsp3) is 0.200. The predicted molar refractivity (Wildman–Crippen MR) is 59.6 cm³/mol. The normalized spacial score (nSPS) is 10.9. The van der Waals surface area contributed by atoms with Gasteiger partial charge in [-0.3, -0.25) is 0 Å². The zero-order chi connectivity index (χ0) is 11.7. The highest BCUT2D eigenvalue weighted by Gasteiger charge is 2.06. The van der Waals surface area contributed by atoms with Crippen molar-refractivity contribution in [3.8, 4) is 5.88 Å². The van der Waals surface area contributed by atoms with Crippen LogP contribution in [0, 0.1) is 0 Å². The van der Waals surface area contributed by atoms with E-state index in [1.54, 1.807) is 24.2 Å². The molecule has 0 radical (unpaired) electrons. The number of fused-ring (bicyclic) bond motifs is 1. The quantitative estimate of drug-likeness (QED) is 0.712. The summed E-state index contributed by atoms with van der Waals surface area (Å²) < 4.78 is 6.73. The van der Waals surface area contributed by atoms with Crippen molar-refractivity contribution in [3.63, 3.8) is 0 Å². The van der Waals surface area contributed by atoms with Gasteiger partial charge in [-0.25, -0.2) is 14.6 Å². The van der Waals surface area contributed by atoms with E-state index >= 15 is 0 Å². The molecular formula is C10H10N6O. The van der Waals surface area contributed by atoms with Crippen LogP contribution in [0.2, 0.25) is 0 Å². The SMILES string of the molecule is COc1ccc2[nH]c(Cn3cncn3)nc2n1. The lowest BCUT2D eigenvalue weighted by atomic mass is 10.4. The number of ether oxygens (including phenoxy) is 1. The van der Waals surface area contributed by atoms with E-state index in [1.165, 1.54) is 6.33 Å². The maximum absolute atomic E-state index is 5.04. The molecule has 0 aliphatic carbocycles. The Balaban J connectivity index is 1.96. The lowest BCUT2D eigenvalue weighted by Gasteiger charge is -1.95. The molecule has 3 heterocycles. The van der Waals surface area contributed by atoms with Crippen molar-refractivity contribution in [1.29, 1.82) is 0 Å². The molecular weight excluding hydrogens is 220 g/mol. The Bertz CT molecular complexity index is 629. The summed E-state index contributed by atoms with van der Waals surface area (Å²) in [6.45, 7) is 0.540. The van der Waals surface area contributed by atoms with Crippen molar-refractivity contribution in [2.75, 3.05) is 7.11 Å². The average Bonchev–Trinajstić information content (AvgIpc) is 2.96. The van der Waals surface area contributed by atoms with Crippen molar-refractivity contribution >= 4 is 11.2 Å². The van der Waals surface area contributed by atoms with Gasteiger partial charge in [0.05, 0.1) is 12.6 Å². The van der Waals surface area contributed by atoms with Crippen molar-refractivity contribution < 1.29 is 4.74 Å². The first-order chi connectivity index (χ1) is 8.35. The molecule has 0 fully saturated rings. The number of pyridine rings is 1. The predicted octanol–water partition coefficient (Wildman–Crippen LogP) is 0.606. The Hall–Kier alpha value is -2.44. The van der Waals surface area contributed by atoms with Gasteiger partial charge in [-0.05, 0) is 6.07 Å². The third-order valence-electron chi connectivity index (χ3n) is 2.36. The molecule has 3 rings (SSSR count). The van der Waals surface area contributed by atoms with Crippen LogP contribution in [0.3, 0.4) is 0 Å². The molecule has 0 saturated heterocycles. The summed E-state index contributed by atoms with van der Waals surface area (Å²) in [5, 5.41) is 4.02. The lowest BCUT2D eigenvalue weighted by Crippen LogP contribution is -2.01. The highest BCUT2D eigenvalue weighted by atomic mass is 16.5. The molecule has 1 N–H and O–H groups in total. The van der Waals surface area contributed by atoms with E-state index in [2.05, 4.69) is 25.0 Å². The number of methoxy groups -OCH3 is 1. The highest BCUT2D eigenvalue weighted by Crippen LogP contribution is 2.14. The zero-order valence-corrected chi connectivity index (χ0v) is 9.16. The number of aromatic nitrogens is 6. The van der Waals surface area contributed by atoms with Crippen LogP contribution in [-0.4, -0.2) is 36.8 Å². The first-order valence-corrected chi connectivity index (χ1v) is 5.07. The Labute approximate surface area is 96.5 Å². The number of aromatic amines is 1. The van der Waals surface area contributed by atoms with Crippen LogP contribution in [0.15, 0.2) is 24.8 Å². The maximum atomic E-state index is 5.04. The molecule has 0 amide bonds. The Morgan fingerprint density at radius 3 is 3.06 bits per heavy atom. The molecule has 0 aromatic carbocycles. The molecule has 0 spiro atoms. The Morgan fingerprint density at radius 2 is 2.29 bits per heavy atom. The van der Waals surface area contributed by atoms with E-state index in [-0.39, 0.29) is 0 Å². The molecule has 3 aromatic heterocycles. The summed E-state index contributed by atoms with van der Waals surface area (Å²) in [5.41, 5.74) is 1.51. The number of rotatable bonds is 3.